The van der Waals surface area contributed by atoms with Crippen LogP contribution in [-0.4, -0.2) is 39.5 Å². The van der Waals surface area contributed by atoms with Crippen LogP contribution in [-0.2, 0) is 11.3 Å². The van der Waals surface area contributed by atoms with E-state index in [0.29, 0.717) is 40.5 Å². The molecule has 2 N–H and O–H groups in total. The molecule has 0 fully saturated rings. The zero-order valence-electron chi connectivity index (χ0n) is 17.2. The van der Waals surface area contributed by atoms with Crippen molar-refractivity contribution in [1.82, 2.24) is 9.55 Å². The van der Waals surface area contributed by atoms with Crippen LogP contribution in [0.2, 0.25) is 0 Å². The number of nitrogens with zero attached hydrogens (tertiary/aromatic N) is 2. The summed E-state index contributed by atoms with van der Waals surface area (Å²) in [6.45, 7) is 3.99. The smallest absolute Gasteiger partial charge is 0.262 e. The third kappa shape index (κ3) is 4.83. The van der Waals surface area contributed by atoms with E-state index in [1.807, 2.05) is 25.1 Å². The summed E-state index contributed by atoms with van der Waals surface area (Å²) in [5.41, 5.74) is 2.00. The number of aliphatic hydroxyl groups is 1. The average Bonchev–Trinajstić information content (AvgIpc) is 2.73. The Morgan fingerprint density at radius 2 is 2.07 bits per heavy atom. The molecule has 0 bridgehead atoms. The molecule has 158 valence electrons. The van der Waals surface area contributed by atoms with Crippen molar-refractivity contribution in [2.75, 3.05) is 19.0 Å². The highest BCUT2D eigenvalue weighted by atomic mass is 32.2. The summed E-state index contributed by atoms with van der Waals surface area (Å²) in [6.07, 6.45) is 0.425. The van der Waals surface area contributed by atoms with Crippen molar-refractivity contribution in [3.8, 4) is 5.75 Å². The molecular weight excluding hydrogens is 402 g/mol. The second-order valence-corrected chi connectivity index (χ2v) is 8.21. The van der Waals surface area contributed by atoms with E-state index in [1.165, 1.54) is 16.3 Å². The van der Waals surface area contributed by atoms with Gasteiger partial charge in [-0.15, -0.1) is 0 Å². The number of anilines is 1. The molecule has 0 radical (unpaired) electrons. The van der Waals surface area contributed by atoms with Crippen molar-refractivity contribution in [2.45, 2.75) is 37.2 Å². The van der Waals surface area contributed by atoms with E-state index in [0.717, 1.165) is 5.56 Å². The maximum Gasteiger partial charge on any atom is 0.262 e. The van der Waals surface area contributed by atoms with E-state index in [4.69, 9.17) is 4.74 Å². The fraction of sp³-hybridized carbons (Fsp3) is 0.318. The zero-order valence-corrected chi connectivity index (χ0v) is 18.0. The van der Waals surface area contributed by atoms with Gasteiger partial charge in [0.25, 0.3) is 5.56 Å². The first-order valence-corrected chi connectivity index (χ1v) is 10.5. The summed E-state index contributed by atoms with van der Waals surface area (Å²) < 4.78 is 6.85. The SMILES string of the molecule is COc1ccc(C)cc1NC(=O)C(C)Sc1nc2ccccc2c(=O)n1CCCO. The van der Waals surface area contributed by atoms with Crippen LogP contribution < -0.4 is 15.6 Å². The Kier molecular flexibility index (Phi) is 7.12. The van der Waals surface area contributed by atoms with E-state index in [-0.39, 0.29) is 18.1 Å². The Hall–Kier alpha value is -2.84. The summed E-state index contributed by atoms with van der Waals surface area (Å²) in [7, 11) is 1.55. The first-order valence-electron chi connectivity index (χ1n) is 9.67. The number of carbonyl (C=O) groups is 1. The Morgan fingerprint density at radius 3 is 2.80 bits per heavy atom. The normalized spacial score (nSPS) is 12.0. The number of aromatic nitrogens is 2. The number of amides is 1. The number of aryl methyl sites for hydroxylation is 1. The van der Waals surface area contributed by atoms with Crippen molar-refractivity contribution in [1.29, 1.82) is 0 Å². The largest absolute Gasteiger partial charge is 0.495 e. The quantitative estimate of drug-likeness (QED) is 0.424. The minimum Gasteiger partial charge on any atom is -0.495 e. The van der Waals surface area contributed by atoms with Crippen LogP contribution in [0.4, 0.5) is 5.69 Å². The second kappa shape index (κ2) is 9.77. The van der Waals surface area contributed by atoms with Gasteiger partial charge >= 0.3 is 0 Å². The molecule has 8 heteroatoms. The van der Waals surface area contributed by atoms with E-state index < -0.39 is 5.25 Å². The number of fused-ring (bicyclic) bond motifs is 1. The van der Waals surface area contributed by atoms with Crippen LogP contribution >= 0.6 is 11.8 Å². The average molecular weight is 428 g/mol. The van der Waals surface area contributed by atoms with Crippen LogP contribution in [0.5, 0.6) is 5.75 Å². The number of hydrogen-bond donors (Lipinski definition) is 2. The lowest BCUT2D eigenvalue weighted by Gasteiger charge is -2.17. The van der Waals surface area contributed by atoms with Gasteiger partial charge in [0.15, 0.2) is 5.16 Å². The fourth-order valence-corrected chi connectivity index (χ4v) is 3.96. The van der Waals surface area contributed by atoms with Gasteiger partial charge in [-0.05, 0) is 50.1 Å². The molecule has 3 aromatic rings. The predicted molar refractivity (Wildman–Crippen MR) is 119 cm³/mol. The maximum absolute atomic E-state index is 12.9. The summed E-state index contributed by atoms with van der Waals surface area (Å²) in [5.74, 6) is 0.356. The highest BCUT2D eigenvalue weighted by Gasteiger charge is 2.20. The van der Waals surface area contributed by atoms with Crippen LogP contribution in [0.1, 0.15) is 18.9 Å². The van der Waals surface area contributed by atoms with Gasteiger partial charge < -0.3 is 15.2 Å². The highest BCUT2D eigenvalue weighted by Crippen LogP contribution is 2.28. The third-order valence-corrected chi connectivity index (χ3v) is 5.72. The van der Waals surface area contributed by atoms with Gasteiger partial charge in [-0.1, -0.05) is 30.0 Å². The van der Waals surface area contributed by atoms with Gasteiger partial charge in [-0.2, -0.15) is 0 Å². The number of hydrogen-bond acceptors (Lipinski definition) is 6. The molecule has 2 aromatic carbocycles. The molecule has 3 rings (SSSR count). The summed E-state index contributed by atoms with van der Waals surface area (Å²) in [6, 6.07) is 12.7. The minimum atomic E-state index is -0.511. The van der Waals surface area contributed by atoms with Crippen LogP contribution in [0.15, 0.2) is 52.4 Å². The van der Waals surface area contributed by atoms with Gasteiger partial charge in [0.05, 0.1) is 29.0 Å². The molecule has 0 spiro atoms. The number of methoxy groups -OCH3 is 1. The van der Waals surface area contributed by atoms with E-state index in [1.54, 1.807) is 38.3 Å². The lowest BCUT2D eigenvalue weighted by molar-refractivity contribution is -0.115. The number of nitrogens with one attached hydrogen (secondary N) is 1. The molecule has 0 aliphatic heterocycles. The fourth-order valence-electron chi connectivity index (χ4n) is 3.03. The number of thioether (sulfide) groups is 1. The van der Waals surface area contributed by atoms with Gasteiger partial charge in [-0.3, -0.25) is 14.2 Å². The molecule has 30 heavy (non-hydrogen) atoms. The van der Waals surface area contributed by atoms with Gasteiger partial charge in [-0.25, -0.2) is 4.98 Å². The molecule has 1 atom stereocenters. The minimum absolute atomic E-state index is 0.0352. The first-order chi connectivity index (χ1) is 14.4. The van der Waals surface area contributed by atoms with Crippen molar-refractivity contribution in [3.63, 3.8) is 0 Å². The Balaban J connectivity index is 1.88. The van der Waals surface area contributed by atoms with Gasteiger partial charge in [0.1, 0.15) is 5.75 Å². The second-order valence-electron chi connectivity index (χ2n) is 6.90. The molecule has 1 unspecified atom stereocenters. The summed E-state index contributed by atoms with van der Waals surface area (Å²) >= 11 is 1.21. The molecule has 1 amide bonds. The van der Waals surface area contributed by atoms with Crippen molar-refractivity contribution in [2.24, 2.45) is 0 Å². The molecule has 0 aliphatic carbocycles. The molecule has 0 aliphatic rings. The molecule has 1 aromatic heterocycles. The van der Waals surface area contributed by atoms with Crippen molar-refractivity contribution < 1.29 is 14.6 Å². The molecule has 0 saturated carbocycles. The molecular formula is C22H25N3O4S. The Morgan fingerprint density at radius 1 is 1.30 bits per heavy atom. The predicted octanol–water partition coefficient (Wildman–Crippen LogP) is 3.22. The number of carbonyl (C=O) groups excluding carboxylic acids is 1. The van der Waals surface area contributed by atoms with E-state index in [9.17, 15) is 14.7 Å². The number of benzene rings is 2. The lowest BCUT2D eigenvalue weighted by atomic mass is 10.2. The molecule has 7 nitrogen and oxygen atoms in total. The number of para-hydroxylation sites is 1. The van der Waals surface area contributed by atoms with Crippen molar-refractivity contribution in [3.05, 3.63) is 58.4 Å². The molecule has 0 saturated heterocycles. The van der Waals surface area contributed by atoms with E-state index in [2.05, 4.69) is 10.3 Å². The van der Waals surface area contributed by atoms with Crippen LogP contribution in [0.25, 0.3) is 10.9 Å². The standard InChI is InChI=1S/C22H25N3O4S/c1-14-9-10-19(29-3)18(13-14)23-20(27)15(2)30-22-24-17-8-5-4-7-16(17)21(28)25(22)11-6-12-26/h4-5,7-10,13,15,26H,6,11-12H2,1-3H3,(H,23,27). The van der Waals surface area contributed by atoms with Gasteiger partial charge in [0, 0.05) is 13.2 Å². The monoisotopic (exact) mass is 427 g/mol. The molecule has 1 heterocycles. The maximum atomic E-state index is 12.9. The third-order valence-electron chi connectivity index (χ3n) is 4.63. The first kappa shape index (κ1) is 21.9. The number of rotatable bonds is 8. The lowest BCUT2D eigenvalue weighted by Crippen LogP contribution is -2.27. The van der Waals surface area contributed by atoms with Crippen LogP contribution in [0, 0.1) is 6.92 Å². The number of ether oxygens (including phenoxy) is 1. The van der Waals surface area contributed by atoms with Crippen molar-refractivity contribution >= 4 is 34.3 Å². The zero-order chi connectivity index (χ0) is 21.7. The summed E-state index contributed by atoms with van der Waals surface area (Å²) in [5, 5.41) is 12.6. The number of aliphatic hydroxyl groups excluding tert-OH is 1. The van der Waals surface area contributed by atoms with E-state index >= 15 is 0 Å². The Labute approximate surface area is 179 Å². The van der Waals surface area contributed by atoms with Crippen LogP contribution in [0.3, 0.4) is 0 Å². The highest BCUT2D eigenvalue weighted by molar-refractivity contribution is 8.00. The summed E-state index contributed by atoms with van der Waals surface area (Å²) in [4.78, 5) is 30.4. The topological polar surface area (TPSA) is 93.5 Å². The van der Waals surface area contributed by atoms with Gasteiger partial charge in [0.2, 0.25) is 5.91 Å². The Bertz CT molecular complexity index is 1110.